The molecule has 0 saturated heterocycles. The van der Waals surface area contributed by atoms with E-state index in [4.69, 9.17) is 48.1 Å². The zero-order valence-corrected chi connectivity index (χ0v) is 25.5. The van der Waals surface area contributed by atoms with Crippen LogP contribution >= 0.6 is 0 Å². The second-order valence-corrected chi connectivity index (χ2v) is 8.73. The molecule has 0 aromatic rings. The predicted molar refractivity (Wildman–Crippen MR) is 153 cm³/mol. The number of amides is 2. The molecule has 0 heterocycles. The van der Waals surface area contributed by atoms with Crippen LogP contribution in [0, 0.1) is 0 Å². The van der Waals surface area contributed by atoms with E-state index in [-0.39, 0.29) is 25.4 Å². The van der Waals surface area contributed by atoms with E-state index in [1.54, 1.807) is 0 Å². The van der Waals surface area contributed by atoms with Gasteiger partial charge in [0.15, 0.2) is 0 Å². The third kappa shape index (κ3) is 35.7. The lowest BCUT2D eigenvalue weighted by molar-refractivity contribution is -0.143. The highest BCUT2D eigenvalue weighted by atomic mass is 16.6. The molecule has 0 bridgehead atoms. The van der Waals surface area contributed by atoms with Crippen LogP contribution in [0.15, 0.2) is 0 Å². The number of hydrogen-bond donors (Lipinski definition) is 4. The first-order valence-electron chi connectivity index (χ1n) is 14.6. The summed E-state index contributed by atoms with van der Waals surface area (Å²) in [6, 6.07) is 0. The summed E-state index contributed by atoms with van der Waals surface area (Å²) in [4.78, 5) is 43.3. The lowest BCUT2D eigenvalue weighted by Crippen LogP contribution is -2.31. The van der Waals surface area contributed by atoms with Crippen molar-refractivity contribution in [2.75, 3.05) is 132 Å². The first-order valence-corrected chi connectivity index (χ1v) is 14.6. The minimum absolute atomic E-state index is 0.0187. The number of carbonyl (C=O) groups excluding carboxylic acids is 2. The number of carbonyl (C=O) groups is 4. The number of carboxylic acid groups (broad SMARTS) is 2. The Morgan fingerprint density at radius 2 is 0.773 bits per heavy atom. The standard InChI is InChI=1S/C27H50N2O15/c30-24(2-3-26(32)33)28-4-1-6-36-8-10-38-12-14-40-16-18-42-20-21-43-19-17-41-15-13-39-11-9-37-7-5-29-25(31)22-44-23-27(34)35/h1-23H2,(H,28,30)(H,29,31)(H,32,33)(H,34,35). The summed E-state index contributed by atoms with van der Waals surface area (Å²) in [7, 11) is 0. The quantitative estimate of drug-likeness (QED) is 0.0592. The average molecular weight is 643 g/mol. The molecule has 0 aliphatic rings. The van der Waals surface area contributed by atoms with E-state index < -0.39 is 24.5 Å². The summed E-state index contributed by atoms with van der Waals surface area (Å²) >= 11 is 0. The zero-order chi connectivity index (χ0) is 32.4. The Morgan fingerprint density at radius 3 is 1.18 bits per heavy atom. The van der Waals surface area contributed by atoms with Crippen molar-refractivity contribution in [1.82, 2.24) is 10.6 Å². The van der Waals surface area contributed by atoms with Gasteiger partial charge in [0.25, 0.3) is 0 Å². The van der Waals surface area contributed by atoms with Gasteiger partial charge in [-0.15, -0.1) is 0 Å². The van der Waals surface area contributed by atoms with Crippen molar-refractivity contribution in [1.29, 1.82) is 0 Å². The molecule has 0 unspecified atom stereocenters. The molecule has 0 saturated carbocycles. The molecule has 0 radical (unpaired) electrons. The molecule has 0 aliphatic heterocycles. The van der Waals surface area contributed by atoms with Crippen molar-refractivity contribution < 1.29 is 72.0 Å². The van der Waals surface area contributed by atoms with Gasteiger partial charge in [-0.2, -0.15) is 0 Å². The largest absolute Gasteiger partial charge is 0.481 e. The van der Waals surface area contributed by atoms with Gasteiger partial charge in [-0.1, -0.05) is 0 Å². The van der Waals surface area contributed by atoms with E-state index in [1.807, 2.05) is 0 Å². The Bertz CT molecular complexity index is 715. The van der Waals surface area contributed by atoms with Crippen molar-refractivity contribution in [2.45, 2.75) is 19.3 Å². The van der Waals surface area contributed by atoms with Crippen LogP contribution in [0.1, 0.15) is 19.3 Å². The second kappa shape index (κ2) is 33.4. The van der Waals surface area contributed by atoms with E-state index in [0.717, 1.165) is 0 Å². The first kappa shape index (κ1) is 41.5. The van der Waals surface area contributed by atoms with Gasteiger partial charge in [-0.25, -0.2) is 4.79 Å². The van der Waals surface area contributed by atoms with Gasteiger partial charge in [0.05, 0.1) is 106 Å². The van der Waals surface area contributed by atoms with E-state index >= 15 is 0 Å². The first-order chi connectivity index (χ1) is 21.4. The Kier molecular flexibility index (Phi) is 31.5. The molecule has 44 heavy (non-hydrogen) atoms. The van der Waals surface area contributed by atoms with E-state index in [0.29, 0.717) is 125 Å². The van der Waals surface area contributed by atoms with Gasteiger partial charge in [0.1, 0.15) is 13.2 Å². The summed E-state index contributed by atoms with van der Waals surface area (Å²) in [6.45, 7) is 6.78. The molecular formula is C27H50N2O15. The van der Waals surface area contributed by atoms with Crippen LogP contribution in [0.25, 0.3) is 0 Å². The molecule has 258 valence electrons. The maximum Gasteiger partial charge on any atom is 0.329 e. The topological polar surface area (TPSA) is 216 Å². The van der Waals surface area contributed by atoms with Crippen LogP contribution in [0.3, 0.4) is 0 Å². The molecule has 2 amide bonds. The van der Waals surface area contributed by atoms with Gasteiger partial charge in [-0.3, -0.25) is 14.4 Å². The molecule has 0 aromatic heterocycles. The van der Waals surface area contributed by atoms with Crippen LogP contribution in [0.4, 0.5) is 0 Å². The van der Waals surface area contributed by atoms with Gasteiger partial charge in [0.2, 0.25) is 11.8 Å². The highest BCUT2D eigenvalue weighted by molar-refractivity contribution is 5.80. The van der Waals surface area contributed by atoms with E-state index in [2.05, 4.69) is 15.4 Å². The summed E-state index contributed by atoms with van der Waals surface area (Å²) in [5, 5.41) is 22.1. The van der Waals surface area contributed by atoms with Gasteiger partial charge in [-0.05, 0) is 6.42 Å². The fourth-order valence-corrected chi connectivity index (χ4v) is 2.90. The number of rotatable bonds is 35. The Hall–Kier alpha value is -2.48. The molecular weight excluding hydrogens is 592 g/mol. The smallest absolute Gasteiger partial charge is 0.329 e. The molecule has 0 spiro atoms. The van der Waals surface area contributed by atoms with Gasteiger partial charge < -0.3 is 63.5 Å². The fraction of sp³-hybridized carbons (Fsp3) is 0.852. The van der Waals surface area contributed by atoms with Crippen LogP contribution in [0.2, 0.25) is 0 Å². The molecule has 4 N–H and O–H groups in total. The van der Waals surface area contributed by atoms with Crippen molar-refractivity contribution in [2.24, 2.45) is 0 Å². The van der Waals surface area contributed by atoms with Crippen molar-refractivity contribution in [3.63, 3.8) is 0 Å². The molecule has 0 aromatic carbocycles. The second-order valence-electron chi connectivity index (χ2n) is 8.73. The van der Waals surface area contributed by atoms with Crippen molar-refractivity contribution in [3.8, 4) is 0 Å². The van der Waals surface area contributed by atoms with Crippen molar-refractivity contribution in [3.05, 3.63) is 0 Å². The Morgan fingerprint density at radius 1 is 0.386 bits per heavy atom. The third-order valence-electron chi connectivity index (χ3n) is 4.98. The molecule has 0 fully saturated rings. The number of hydrogen-bond acceptors (Lipinski definition) is 13. The fourth-order valence-electron chi connectivity index (χ4n) is 2.90. The average Bonchev–Trinajstić information content (AvgIpc) is 2.99. The number of aliphatic carboxylic acids is 2. The highest BCUT2D eigenvalue weighted by Gasteiger charge is 2.05. The third-order valence-corrected chi connectivity index (χ3v) is 4.98. The summed E-state index contributed by atoms with van der Waals surface area (Å²) < 4.78 is 47.8. The maximum absolute atomic E-state index is 11.3. The summed E-state index contributed by atoms with van der Waals surface area (Å²) in [6.07, 6.45) is 0.450. The van der Waals surface area contributed by atoms with Crippen LogP contribution in [-0.4, -0.2) is 166 Å². The minimum atomic E-state index is -1.13. The minimum Gasteiger partial charge on any atom is -0.481 e. The number of nitrogens with one attached hydrogen (secondary N) is 2. The van der Waals surface area contributed by atoms with Crippen molar-refractivity contribution >= 4 is 23.8 Å². The van der Waals surface area contributed by atoms with Crippen LogP contribution in [-0.2, 0) is 61.8 Å². The van der Waals surface area contributed by atoms with Crippen LogP contribution in [0.5, 0.6) is 0 Å². The lowest BCUT2D eigenvalue weighted by atomic mass is 10.3. The normalized spacial score (nSPS) is 11.0. The van der Waals surface area contributed by atoms with Gasteiger partial charge >= 0.3 is 11.9 Å². The Balaban J connectivity index is 3.13. The van der Waals surface area contributed by atoms with E-state index in [1.165, 1.54) is 0 Å². The lowest BCUT2D eigenvalue weighted by Gasteiger charge is -2.09. The SMILES string of the molecule is O=C(O)CCC(=O)NCCCOCCOCCOCCOCCOCCOCCOCCOCCNC(=O)COCC(=O)O. The maximum atomic E-state index is 11.3. The Labute approximate surface area is 258 Å². The summed E-state index contributed by atoms with van der Waals surface area (Å²) in [5.74, 6) is -2.80. The predicted octanol–water partition coefficient (Wildman–Crippen LogP) is -1.29. The molecule has 0 aliphatic carbocycles. The van der Waals surface area contributed by atoms with Gasteiger partial charge in [0, 0.05) is 26.1 Å². The van der Waals surface area contributed by atoms with Crippen LogP contribution < -0.4 is 10.6 Å². The molecule has 0 atom stereocenters. The number of carboxylic acids is 2. The monoisotopic (exact) mass is 642 g/mol. The molecule has 17 nitrogen and oxygen atoms in total. The molecule has 0 rings (SSSR count). The molecule has 17 heteroatoms. The summed E-state index contributed by atoms with van der Waals surface area (Å²) in [5.41, 5.74) is 0. The number of ether oxygens (including phenoxy) is 9. The highest BCUT2D eigenvalue weighted by Crippen LogP contribution is 1.90. The zero-order valence-electron chi connectivity index (χ0n) is 25.5. The van der Waals surface area contributed by atoms with E-state index in [9.17, 15) is 19.2 Å².